The second-order valence-corrected chi connectivity index (χ2v) is 8.24. The Labute approximate surface area is 190 Å². The fourth-order valence-corrected chi connectivity index (χ4v) is 4.12. The number of primary amides is 1. The third-order valence-electron chi connectivity index (χ3n) is 5.07. The Morgan fingerprint density at radius 1 is 0.969 bits per heavy atom. The number of rotatable bonds is 7. The third-order valence-corrected chi connectivity index (χ3v) is 5.98. The Morgan fingerprint density at radius 2 is 1.78 bits per heavy atom. The molecule has 0 aliphatic rings. The van der Waals surface area contributed by atoms with E-state index in [1.807, 2.05) is 53.9 Å². The van der Waals surface area contributed by atoms with Crippen LogP contribution in [0.5, 0.6) is 0 Å². The van der Waals surface area contributed by atoms with Gasteiger partial charge in [-0.1, -0.05) is 30.3 Å². The molecule has 160 valence electrons. The number of aromatic nitrogens is 1. The number of amides is 2. The van der Waals surface area contributed by atoms with Gasteiger partial charge in [-0.2, -0.15) is 0 Å². The number of carbonyl (C=O) groups excluding carboxylic acids is 2. The van der Waals surface area contributed by atoms with E-state index >= 15 is 0 Å². The summed E-state index contributed by atoms with van der Waals surface area (Å²) < 4.78 is 0. The highest BCUT2D eigenvalue weighted by molar-refractivity contribution is 7.13. The Morgan fingerprint density at radius 3 is 2.44 bits per heavy atom. The van der Waals surface area contributed by atoms with Crippen molar-refractivity contribution in [3.8, 4) is 10.4 Å². The van der Waals surface area contributed by atoms with Crippen LogP contribution in [0.15, 0.2) is 84.4 Å². The van der Waals surface area contributed by atoms with Gasteiger partial charge in [0.1, 0.15) is 0 Å². The molecule has 2 heterocycles. The first kappa shape index (κ1) is 21.3. The molecule has 0 radical (unpaired) electrons. The number of nitrogens with zero attached hydrogens (tertiary/aromatic N) is 2. The number of benzene rings is 2. The predicted octanol–water partition coefficient (Wildman–Crippen LogP) is 4.27. The maximum Gasteiger partial charge on any atom is 0.248 e. The van der Waals surface area contributed by atoms with E-state index in [4.69, 9.17) is 11.5 Å². The standard InChI is InChI=1S/C25H22N4O2S/c26-21-11-10-19(23-5-3-13-32-23)14-22(21)29(24(30)15-20-4-1-2-12-28-20)16-17-6-8-18(9-7-17)25(27)31/h1-14H,15-16,26H2,(H2,27,31). The largest absolute Gasteiger partial charge is 0.397 e. The van der Waals surface area contributed by atoms with Crippen molar-refractivity contribution in [2.45, 2.75) is 13.0 Å². The van der Waals surface area contributed by atoms with Gasteiger partial charge in [-0.05, 0) is 59.0 Å². The Balaban J connectivity index is 1.70. The van der Waals surface area contributed by atoms with E-state index in [-0.39, 0.29) is 12.3 Å². The number of thiophene rings is 1. The van der Waals surface area contributed by atoms with Crippen LogP contribution in [0.25, 0.3) is 10.4 Å². The van der Waals surface area contributed by atoms with Crippen molar-refractivity contribution < 1.29 is 9.59 Å². The fourth-order valence-electron chi connectivity index (χ4n) is 3.39. The molecule has 32 heavy (non-hydrogen) atoms. The quantitative estimate of drug-likeness (QED) is 0.417. The van der Waals surface area contributed by atoms with Crippen LogP contribution in [0.2, 0.25) is 0 Å². The molecule has 0 bridgehead atoms. The molecule has 6 nitrogen and oxygen atoms in total. The average Bonchev–Trinajstić information content (AvgIpc) is 3.34. The molecule has 0 spiro atoms. The Kier molecular flexibility index (Phi) is 6.28. The van der Waals surface area contributed by atoms with Crippen LogP contribution in [-0.4, -0.2) is 16.8 Å². The molecule has 7 heteroatoms. The van der Waals surface area contributed by atoms with E-state index in [9.17, 15) is 9.59 Å². The number of nitrogens with two attached hydrogens (primary N) is 2. The first-order valence-electron chi connectivity index (χ1n) is 10.0. The molecule has 4 N–H and O–H groups in total. The molecule has 0 fully saturated rings. The minimum absolute atomic E-state index is 0.127. The van der Waals surface area contributed by atoms with Crippen molar-refractivity contribution in [2.75, 3.05) is 10.6 Å². The number of pyridine rings is 1. The number of anilines is 2. The van der Waals surface area contributed by atoms with Gasteiger partial charge in [0.05, 0.1) is 24.3 Å². The number of hydrogen-bond donors (Lipinski definition) is 2. The van der Waals surface area contributed by atoms with Crippen molar-refractivity contribution in [1.29, 1.82) is 0 Å². The van der Waals surface area contributed by atoms with Crippen molar-refractivity contribution >= 4 is 34.5 Å². The van der Waals surface area contributed by atoms with E-state index in [0.29, 0.717) is 29.2 Å². The van der Waals surface area contributed by atoms with Gasteiger partial charge in [0, 0.05) is 22.3 Å². The lowest BCUT2D eigenvalue weighted by Crippen LogP contribution is -2.32. The summed E-state index contributed by atoms with van der Waals surface area (Å²) >= 11 is 1.62. The Bertz CT molecular complexity index is 1220. The number of carbonyl (C=O) groups is 2. The van der Waals surface area contributed by atoms with Gasteiger partial charge in [-0.15, -0.1) is 11.3 Å². The summed E-state index contributed by atoms with van der Waals surface area (Å²) in [5.74, 6) is -0.620. The zero-order valence-corrected chi connectivity index (χ0v) is 18.1. The predicted molar refractivity (Wildman–Crippen MR) is 128 cm³/mol. The van der Waals surface area contributed by atoms with Crippen LogP contribution in [0.3, 0.4) is 0 Å². The molecular formula is C25H22N4O2S. The third kappa shape index (κ3) is 4.84. The summed E-state index contributed by atoms with van der Waals surface area (Å²) in [7, 11) is 0. The molecule has 2 aromatic heterocycles. The zero-order valence-electron chi connectivity index (χ0n) is 17.3. The first-order chi connectivity index (χ1) is 15.5. The summed E-state index contributed by atoms with van der Waals surface area (Å²) in [6, 6.07) is 22.1. The van der Waals surface area contributed by atoms with Crippen LogP contribution >= 0.6 is 11.3 Å². The van der Waals surface area contributed by atoms with Crippen molar-refractivity contribution in [3.63, 3.8) is 0 Å². The van der Waals surface area contributed by atoms with Crippen LogP contribution in [0, 0.1) is 0 Å². The summed E-state index contributed by atoms with van der Waals surface area (Å²) in [5.41, 5.74) is 15.8. The van der Waals surface area contributed by atoms with Crippen molar-refractivity contribution in [2.24, 2.45) is 5.73 Å². The lowest BCUT2D eigenvalue weighted by molar-refractivity contribution is -0.118. The minimum atomic E-state index is -0.493. The highest BCUT2D eigenvalue weighted by atomic mass is 32.1. The van der Waals surface area contributed by atoms with E-state index < -0.39 is 5.91 Å². The van der Waals surface area contributed by atoms with E-state index in [0.717, 1.165) is 16.0 Å². The van der Waals surface area contributed by atoms with Crippen molar-refractivity contribution in [3.05, 3.63) is 101 Å². The maximum atomic E-state index is 13.4. The highest BCUT2D eigenvalue weighted by Crippen LogP contribution is 2.33. The van der Waals surface area contributed by atoms with Gasteiger partial charge < -0.3 is 16.4 Å². The van der Waals surface area contributed by atoms with Gasteiger partial charge in [0.25, 0.3) is 0 Å². The van der Waals surface area contributed by atoms with Gasteiger partial charge in [0.15, 0.2) is 0 Å². The topological polar surface area (TPSA) is 102 Å². The molecular weight excluding hydrogens is 420 g/mol. The van der Waals surface area contributed by atoms with Crippen molar-refractivity contribution in [1.82, 2.24) is 4.98 Å². The lowest BCUT2D eigenvalue weighted by atomic mass is 10.1. The number of hydrogen-bond acceptors (Lipinski definition) is 5. The molecule has 0 unspecified atom stereocenters. The Hall–Kier alpha value is -3.97. The highest BCUT2D eigenvalue weighted by Gasteiger charge is 2.20. The second-order valence-electron chi connectivity index (χ2n) is 7.29. The fraction of sp³-hybridized carbons (Fsp3) is 0.0800. The zero-order chi connectivity index (χ0) is 22.5. The normalized spacial score (nSPS) is 10.6. The van der Waals surface area contributed by atoms with E-state index in [1.54, 1.807) is 46.7 Å². The average molecular weight is 443 g/mol. The van der Waals surface area contributed by atoms with Gasteiger partial charge in [0.2, 0.25) is 11.8 Å². The molecule has 4 aromatic rings. The second kappa shape index (κ2) is 9.45. The molecule has 2 amide bonds. The molecule has 0 aliphatic carbocycles. The number of nitrogen functional groups attached to an aromatic ring is 1. The van der Waals surface area contributed by atoms with E-state index in [1.165, 1.54) is 0 Å². The first-order valence-corrected chi connectivity index (χ1v) is 10.9. The van der Waals surface area contributed by atoms with Crippen LogP contribution in [-0.2, 0) is 17.8 Å². The van der Waals surface area contributed by atoms with Gasteiger partial charge >= 0.3 is 0 Å². The monoisotopic (exact) mass is 442 g/mol. The molecule has 4 rings (SSSR count). The van der Waals surface area contributed by atoms with Gasteiger partial charge in [-0.25, -0.2) is 0 Å². The summed E-state index contributed by atoms with van der Waals surface area (Å²) in [6.45, 7) is 0.294. The van der Waals surface area contributed by atoms with Crippen LogP contribution < -0.4 is 16.4 Å². The smallest absolute Gasteiger partial charge is 0.248 e. The SMILES string of the molecule is NC(=O)c1ccc(CN(C(=O)Cc2ccccn2)c2cc(-c3cccs3)ccc2N)cc1. The molecule has 0 aliphatic heterocycles. The minimum Gasteiger partial charge on any atom is -0.397 e. The lowest BCUT2D eigenvalue weighted by Gasteiger charge is -2.25. The molecule has 0 saturated carbocycles. The molecule has 0 saturated heterocycles. The molecule has 2 aromatic carbocycles. The van der Waals surface area contributed by atoms with Crippen LogP contribution in [0.4, 0.5) is 11.4 Å². The maximum absolute atomic E-state index is 13.4. The molecule has 0 atom stereocenters. The summed E-state index contributed by atoms with van der Waals surface area (Å²) in [4.78, 5) is 31.8. The van der Waals surface area contributed by atoms with Gasteiger partial charge in [-0.3, -0.25) is 14.6 Å². The van der Waals surface area contributed by atoms with E-state index in [2.05, 4.69) is 4.98 Å². The summed E-state index contributed by atoms with van der Waals surface area (Å²) in [6.07, 6.45) is 1.81. The summed E-state index contributed by atoms with van der Waals surface area (Å²) in [5, 5.41) is 2.01. The van der Waals surface area contributed by atoms with Crippen LogP contribution in [0.1, 0.15) is 21.6 Å².